The molecular formula is C21H23N3O4S. The van der Waals surface area contributed by atoms with E-state index in [0.717, 1.165) is 41.1 Å². The minimum absolute atomic E-state index is 0.209. The van der Waals surface area contributed by atoms with Gasteiger partial charge in [-0.3, -0.25) is 4.40 Å². The standard InChI is InChI=1S/C21H23N3O4S/c1-27-16-5-2-4-15(12-16)18-6-3-7-19-21(22-14-24(18)19)20-13-23(10-11-28-20)29(25,26)17-8-9-17/h2-7,12,14,17,20H,8-11,13H2,1H3/t20-/m1/s1. The Morgan fingerprint density at radius 2 is 2.00 bits per heavy atom. The first-order chi connectivity index (χ1) is 14.1. The Balaban J connectivity index is 1.50. The average molecular weight is 413 g/mol. The summed E-state index contributed by atoms with van der Waals surface area (Å²) in [6.45, 7) is 1.11. The maximum Gasteiger partial charge on any atom is 0.217 e. The van der Waals surface area contributed by atoms with Gasteiger partial charge >= 0.3 is 0 Å². The normalized spacial score (nSPS) is 20.8. The Kier molecular flexibility index (Phi) is 4.57. The van der Waals surface area contributed by atoms with E-state index in [9.17, 15) is 8.42 Å². The SMILES string of the molecule is COc1cccc(-c2cccc3c([C@H]4CN(S(=O)(=O)C5CC5)CCO4)ncn23)c1. The molecule has 8 heteroatoms. The van der Waals surface area contributed by atoms with E-state index in [0.29, 0.717) is 19.7 Å². The predicted molar refractivity (Wildman–Crippen MR) is 109 cm³/mol. The zero-order valence-corrected chi connectivity index (χ0v) is 17.0. The Morgan fingerprint density at radius 1 is 1.17 bits per heavy atom. The summed E-state index contributed by atoms with van der Waals surface area (Å²) in [7, 11) is -1.57. The molecule has 7 nitrogen and oxygen atoms in total. The lowest BCUT2D eigenvalue weighted by Gasteiger charge is -2.31. The van der Waals surface area contributed by atoms with E-state index in [2.05, 4.69) is 4.98 Å². The minimum Gasteiger partial charge on any atom is -0.497 e. The second kappa shape index (κ2) is 7.12. The summed E-state index contributed by atoms with van der Waals surface area (Å²) < 4.78 is 40.2. The van der Waals surface area contributed by atoms with Crippen LogP contribution < -0.4 is 4.74 Å². The third-order valence-electron chi connectivity index (χ3n) is 5.61. The van der Waals surface area contributed by atoms with Crippen LogP contribution in [0.5, 0.6) is 5.75 Å². The Hall–Kier alpha value is -2.42. The number of ether oxygens (including phenoxy) is 2. The molecule has 5 rings (SSSR count). The van der Waals surface area contributed by atoms with E-state index in [1.165, 1.54) is 0 Å². The fourth-order valence-corrected chi connectivity index (χ4v) is 5.73. The van der Waals surface area contributed by atoms with Gasteiger partial charge in [-0.05, 0) is 37.1 Å². The second-order valence-electron chi connectivity index (χ2n) is 7.49. The maximum absolute atomic E-state index is 12.7. The van der Waals surface area contributed by atoms with Crippen LogP contribution in [0.25, 0.3) is 16.8 Å². The molecule has 2 aromatic heterocycles. The maximum atomic E-state index is 12.7. The third kappa shape index (κ3) is 3.31. The monoisotopic (exact) mass is 413 g/mol. The van der Waals surface area contributed by atoms with Gasteiger partial charge in [0, 0.05) is 18.7 Å². The zero-order chi connectivity index (χ0) is 20.0. The van der Waals surface area contributed by atoms with Crippen LogP contribution in [0.3, 0.4) is 0 Å². The quantitative estimate of drug-likeness (QED) is 0.643. The number of fused-ring (bicyclic) bond motifs is 1. The summed E-state index contributed by atoms with van der Waals surface area (Å²) >= 11 is 0. The van der Waals surface area contributed by atoms with Gasteiger partial charge in [0.15, 0.2) is 0 Å². The molecule has 2 fully saturated rings. The highest BCUT2D eigenvalue weighted by Gasteiger charge is 2.42. The van der Waals surface area contributed by atoms with E-state index in [-0.39, 0.29) is 11.4 Å². The molecule has 0 radical (unpaired) electrons. The van der Waals surface area contributed by atoms with Gasteiger partial charge in [0.25, 0.3) is 0 Å². The van der Waals surface area contributed by atoms with Gasteiger partial charge in [-0.1, -0.05) is 18.2 Å². The number of morpholine rings is 1. The van der Waals surface area contributed by atoms with Crippen LogP contribution in [0, 0.1) is 0 Å². The fourth-order valence-electron chi connectivity index (χ4n) is 3.90. The van der Waals surface area contributed by atoms with Crippen molar-refractivity contribution < 1.29 is 17.9 Å². The molecule has 1 aromatic carbocycles. The Bertz CT molecular complexity index is 1150. The predicted octanol–water partition coefficient (Wildman–Crippen LogP) is 2.88. The largest absolute Gasteiger partial charge is 0.497 e. The lowest BCUT2D eigenvalue weighted by atomic mass is 10.1. The average Bonchev–Trinajstić information content (AvgIpc) is 3.53. The van der Waals surface area contributed by atoms with Crippen molar-refractivity contribution in [1.82, 2.24) is 13.7 Å². The van der Waals surface area contributed by atoms with Gasteiger partial charge in [-0.15, -0.1) is 0 Å². The van der Waals surface area contributed by atoms with Crippen LogP contribution in [0.2, 0.25) is 0 Å². The highest BCUT2D eigenvalue weighted by Crippen LogP contribution is 2.35. The van der Waals surface area contributed by atoms with Crippen molar-refractivity contribution in [2.24, 2.45) is 0 Å². The van der Waals surface area contributed by atoms with Gasteiger partial charge in [0.05, 0.1) is 35.9 Å². The first-order valence-corrected chi connectivity index (χ1v) is 11.3. The topological polar surface area (TPSA) is 73.1 Å². The molecule has 29 heavy (non-hydrogen) atoms. The second-order valence-corrected chi connectivity index (χ2v) is 9.70. The van der Waals surface area contributed by atoms with Crippen molar-refractivity contribution >= 4 is 15.5 Å². The van der Waals surface area contributed by atoms with Gasteiger partial charge in [-0.2, -0.15) is 4.31 Å². The van der Waals surface area contributed by atoms with Gasteiger partial charge in [0.1, 0.15) is 18.2 Å². The van der Waals surface area contributed by atoms with E-state index >= 15 is 0 Å². The summed E-state index contributed by atoms with van der Waals surface area (Å²) in [6.07, 6.45) is 2.93. The summed E-state index contributed by atoms with van der Waals surface area (Å²) in [5.74, 6) is 0.788. The smallest absolute Gasteiger partial charge is 0.217 e. The molecule has 0 unspecified atom stereocenters. The molecule has 0 N–H and O–H groups in total. The lowest BCUT2D eigenvalue weighted by Crippen LogP contribution is -2.43. The molecule has 2 aliphatic rings. The van der Waals surface area contributed by atoms with Crippen LogP contribution in [0.4, 0.5) is 0 Å². The van der Waals surface area contributed by atoms with Crippen LogP contribution >= 0.6 is 0 Å². The van der Waals surface area contributed by atoms with Crippen LogP contribution in [-0.2, 0) is 14.8 Å². The number of aromatic nitrogens is 2. The molecular weight excluding hydrogens is 390 g/mol. The molecule has 0 bridgehead atoms. The number of benzene rings is 1. The number of imidazole rings is 1. The third-order valence-corrected chi connectivity index (χ3v) is 7.97. The molecule has 0 spiro atoms. The van der Waals surface area contributed by atoms with E-state index in [4.69, 9.17) is 9.47 Å². The van der Waals surface area contributed by atoms with Crippen molar-refractivity contribution in [3.8, 4) is 17.0 Å². The van der Waals surface area contributed by atoms with E-state index < -0.39 is 10.0 Å². The first-order valence-electron chi connectivity index (χ1n) is 9.79. The lowest BCUT2D eigenvalue weighted by molar-refractivity contribution is -0.00394. The summed E-state index contributed by atoms with van der Waals surface area (Å²) in [5, 5.41) is -0.209. The van der Waals surface area contributed by atoms with Crippen molar-refractivity contribution in [1.29, 1.82) is 0 Å². The van der Waals surface area contributed by atoms with Crippen molar-refractivity contribution in [3.05, 3.63) is 54.5 Å². The summed E-state index contributed by atoms with van der Waals surface area (Å²) in [4.78, 5) is 4.61. The molecule has 1 saturated carbocycles. The number of rotatable bonds is 5. The van der Waals surface area contributed by atoms with Gasteiger partial charge in [0.2, 0.25) is 10.0 Å². The number of sulfonamides is 1. The van der Waals surface area contributed by atoms with Crippen LogP contribution in [0.1, 0.15) is 24.6 Å². The number of nitrogens with zero attached hydrogens (tertiary/aromatic N) is 3. The molecule has 1 aliphatic heterocycles. The first kappa shape index (κ1) is 18.6. The highest BCUT2D eigenvalue weighted by atomic mass is 32.2. The molecule has 3 aromatic rings. The molecule has 3 heterocycles. The van der Waals surface area contributed by atoms with Crippen molar-refractivity contribution in [3.63, 3.8) is 0 Å². The molecule has 1 atom stereocenters. The van der Waals surface area contributed by atoms with Gasteiger partial charge in [-0.25, -0.2) is 13.4 Å². The minimum atomic E-state index is -3.22. The molecule has 0 amide bonds. The molecule has 152 valence electrons. The fraction of sp³-hybridized carbons (Fsp3) is 0.381. The van der Waals surface area contributed by atoms with E-state index in [1.54, 1.807) is 17.7 Å². The number of hydrogen-bond donors (Lipinski definition) is 0. The summed E-state index contributed by atoms with van der Waals surface area (Å²) in [6, 6.07) is 13.9. The molecule has 1 saturated heterocycles. The highest BCUT2D eigenvalue weighted by molar-refractivity contribution is 7.90. The van der Waals surface area contributed by atoms with Gasteiger partial charge < -0.3 is 9.47 Å². The Labute approximate surface area is 169 Å². The van der Waals surface area contributed by atoms with Crippen LogP contribution in [0.15, 0.2) is 48.8 Å². The van der Waals surface area contributed by atoms with Crippen LogP contribution in [-0.4, -0.2) is 54.2 Å². The Morgan fingerprint density at radius 3 is 2.79 bits per heavy atom. The molecule has 1 aliphatic carbocycles. The van der Waals surface area contributed by atoms with Crippen molar-refractivity contribution in [2.45, 2.75) is 24.2 Å². The van der Waals surface area contributed by atoms with Crippen molar-refractivity contribution in [2.75, 3.05) is 26.8 Å². The summed E-state index contributed by atoms with van der Waals surface area (Å²) in [5.41, 5.74) is 3.69. The zero-order valence-electron chi connectivity index (χ0n) is 16.2. The number of pyridine rings is 1. The number of hydrogen-bond acceptors (Lipinski definition) is 5. The van der Waals surface area contributed by atoms with E-state index in [1.807, 2.05) is 46.9 Å². The number of methoxy groups -OCH3 is 1.